The quantitative estimate of drug-likeness (QED) is 0.916. The van der Waals surface area contributed by atoms with Crippen molar-refractivity contribution in [1.29, 1.82) is 0 Å². The second-order valence-corrected chi connectivity index (χ2v) is 5.05. The topological polar surface area (TPSA) is 21.3 Å². The zero-order valence-electron chi connectivity index (χ0n) is 11.7. The lowest BCUT2D eigenvalue weighted by molar-refractivity contribution is 0.414. The van der Waals surface area contributed by atoms with E-state index in [2.05, 4.69) is 5.32 Å². The average molecular weight is 294 g/mol. The molecule has 0 saturated heterocycles. The highest BCUT2D eigenvalue weighted by atomic mass is 35.5. The van der Waals surface area contributed by atoms with E-state index in [1.54, 1.807) is 26.3 Å². The first kappa shape index (κ1) is 14.8. The van der Waals surface area contributed by atoms with Crippen LogP contribution in [0, 0.1) is 12.7 Å². The molecule has 0 aliphatic carbocycles. The van der Waals surface area contributed by atoms with E-state index in [0.29, 0.717) is 10.6 Å². The van der Waals surface area contributed by atoms with Crippen molar-refractivity contribution in [3.05, 3.63) is 63.9 Å². The molecule has 0 spiro atoms. The summed E-state index contributed by atoms with van der Waals surface area (Å²) in [6, 6.07) is 10.1. The van der Waals surface area contributed by atoms with Gasteiger partial charge in [-0.1, -0.05) is 17.7 Å². The first-order valence-electron chi connectivity index (χ1n) is 6.33. The van der Waals surface area contributed by atoms with E-state index in [4.69, 9.17) is 16.3 Å². The number of nitrogens with one attached hydrogen (secondary N) is 1. The molecule has 20 heavy (non-hydrogen) atoms. The van der Waals surface area contributed by atoms with Crippen molar-refractivity contribution in [3.63, 3.8) is 0 Å². The van der Waals surface area contributed by atoms with Crippen LogP contribution >= 0.6 is 11.6 Å². The van der Waals surface area contributed by atoms with Crippen LogP contribution in [0.3, 0.4) is 0 Å². The third kappa shape index (κ3) is 2.94. The summed E-state index contributed by atoms with van der Waals surface area (Å²) < 4.78 is 19.2. The zero-order chi connectivity index (χ0) is 14.7. The third-order valence-corrected chi connectivity index (χ3v) is 3.58. The lowest BCUT2D eigenvalue weighted by Gasteiger charge is -2.20. The Labute approximate surface area is 123 Å². The lowest BCUT2D eigenvalue weighted by Crippen LogP contribution is -2.20. The molecular formula is C16H17ClFNO. The van der Waals surface area contributed by atoms with Gasteiger partial charge in [0, 0.05) is 10.6 Å². The molecule has 0 bridgehead atoms. The summed E-state index contributed by atoms with van der Waals surface area (Å²) in [4.78, 5) is 0. The molecule has 106 valence electrons. The van der Waals surface area contributed by atoms with Crippen molar-refractivity contribution in [2.24, 2.45) is 0 Å². The Morgan fingerprint density at radius 3 is 2.50 bits per heavy atom. The monoisotopic (exact) mass is 293 g/mol. The van der Waals surface area contributed by atoms with Crippen LogP contribution in [0.5, 0.6) is 5.75 Å². The van der Waals surface area contributed by atoms with Crippen molar-refractivity contribution in [3.8, 4) is 5.75 Å². The van der Waals surface area contributed by atoms with E-state index < -0.39 is 0 Å². The highest BCUT2D eigenvalue weighted by molar-refractivity contribution is 6.30. The maximum atomic E-state index is 14.0. The maximum absolute atomic E-state index is 14.0. The first-order chi connectivity index (χ1) is 9.56. The van der Waals surface area contributed by atoms with E-state index in [9.17, 15) is 4.39 Å². The first-order valence-corrected chi connectivity index (χ1v) is 6.71. The Kier molecular flexibility index (Phi) is 4.63. The molecule has 0 saturated carbocycles. The van der Waals surface area contributed by atoms with Gasteiger partial charge in [0.05, 0.1) is 13.2 Å². The fourth-order valence-corrected chi connectivity index (χ4v) is 2.49. The van der Waals surface area contributed by atoms with Crippen LogP contribution in [0.4, 0.5) is 4.39 Å². The number of aryl methyl sites for hydroxylation is 1. The molecule has 0 heterocycles. The number of halogens is 2. The highest BCUT2D eigenvalue weighted by Gasteiger charge is 2.18. The lowest BCUT2D eigenvalue weighted by atomic mass is 9.94. The molecule has 1 unspecified atom stereocenters. The molecule has 1 atom stereocenters. The smallest absolute Gasteiger partial charge is 0.128 e. The molecule has 0 fully saturated rings. The minimum atomic E-state index is -0.274. The Balaban J connectivity index is 2.49. The SMILES string of the molecule is CNC(c1ccc(OC)cc1C)c1cc(Cl)ccc1F. The van der Waals surface area contributed by atoms with Gasteiger partial charge in [0.2, 0.25) is 0 Å². The molecule has 4 heteroatoms. The molecular weight excluding hydrogens is 277 g/mol. The molecule has 0 aliphatic heterocycles. The van der Waals surface area contributed by atoms with Crippen LogP contribution in [0.25, 0.3) is 0 Å². The summed E-state index contributed by atoms with van der Waals surface area (Å²) in [5.41, 5.74) is 2.56. The fraction of sp³-hybridized carbons (Fsp3) is 0.250. The number of hydrogen-bond donors (Lipinski definition) is 1. The minimum Gasteiger partial charge on any atom is -0.497 e. The van der Waals surface area contributed by atoms with Crippen LogP contribution in [0.1, 0.15) is 22.7 Å². The summed E-state index contributed by atoms with van der Waals surface area (Å²) >= 11 is 5.98. The second-order valence-electron chi connectivity index (χ2n) is 4.61. The van der Waals surface area contributed by atoms with Crippen molar-refractivity contribution in [2.45, 2.75) is 13.0 Å². The van der Waals surface area contributed by atoms with Gasteiger partial charge in [-0.3, -0.25) is 0 Å². The summed E-state index contributed by atoms with van der Waals surface area (Å²) in [5, 5.41) is 3.66. The summed E-state index contributed by atoms with van der Waals surface area (Å²) in [7, 11) is 3.43. The Bertz CT molecular complexity index is 615. The molecule has 2 aromatic carbocycles. The number of rotatable bonds is 4. The summed E-state index contributed by atoms with van der Waals surface area (Å²) in [5.74, 6) is 0.511. The predicted molar refractivity (Wildman–Crippen MR) is 80.0 cm³/mol. The predicted octanol–water partition coefficient (Wildman–Crippen LogP) is 4.10. The van der Waals surface area contributed by atoms with E-state index >= 15 is 0 Å². The average Bonchev–Trinajstić information content (AvgIpc) is 2.44. The Morgan fingerprint density at radius 2 is 1.90 bits per heavy atom. The van der Waals surface area contributed by atoms with Gasteiger partial charge in [0.25, 0.3) is 0 Å². The van der Waals surface area contributed by atoms with E-state index in [0.717, 1.165) is 16.9 Å². The van der Waals surface area contributed by atoms with Crippen molar-refractivity contribution in [1.82, 2.24) is 5.32 Å². The molecule has 2 aromatic rings. The molecule has 0 aromatic heterocycles. The van der Waals surface area contributed by atoms with Crippen molar-refractivity contribution in [2.75, 3.05) is 14.2 Å². The maximum Gasteiger partial charge on any atom is 0.128 e. The summed E-state index contributed by atoms with van der Waals surface area (Å²) in [6.07, 6.45) is 0. The number of hydrogen-bond acceptors (Lipinski definition) is 2. The normalized spacial score (nSPS) is 12.2. The fourth-order valence-electron chi connectivity index (χ4n) is 2.31. The molecule has 1 N–H and O–H groups in total. The number of benzene rings is 2. The molecule has 0 amide bonds. The van der Waals surface area contributed by atoms with Crippen LogP contribution in [0.15, 0.2) is 36.4 Å². The molecule has 2 nitrogen and oxygen atoms in total. The van der Waals surface area contributed by atoms with Crippen LogP contribution in [-0.2, 0) is 0 Å². The van der Waals surface area contributed by atoms with Gasteiger partial charge in [0.15, 0.2) is 0 Å². The number of methoxy groups -OCH3 is 1. The van der Waals surface area contributed by atoms with Gasteiger partial charge in [-0.05, 0) is 55.4 Å². The van der Waals surface area contributed by atoms with Gasteiger partial charge < -0.3 is 10.1 Å². The Hall–Kier alpha value is -1.58. The molecule has 0 aliphatic rings. The van der Waals surface area contributed by atoms with Gasteiger partial charge in [0.1, 0.15) is 11.6 Å². The standard InChI is InChI=1S/C16H17ClFNO/c1-10-8-12(20-3)5-6-13(10)16(19-2)14-9-11(17)4-7-15(14)18/h4-9,16,19H,1-3H3. The van der Waals surface area contributed by atoms with E-state index in [1.165, 1.54) is 6.07 Å². The number of ether oxygens (including phenoxy) is 1. The van der Waals surface area contributed by atoms with Gasteiger partial charge in [-0.15, -0.1) is 0 Å². The van der Waals surface area contributed by atoms with Crippen LogP contribution in [0.2, 0.25) is 5.02 Å². The van der Waals surface area contributed by atoms with Gasteiger partial charge in [-0.25, -0.2) is 4.39 Å². The molecule has 2 rings (SSSR count). The van der Waals surface area contributed by atoms with Crippen molar-refractivity contribution < 1.29 is 9.13 Å². The third-order valence-electron chi connectivity index (χ3n) is 3.35. The van der Waals surface area contributed by atoms with Gasteiger partial charge >= 0.3 is 0 Å². The van der Waals surface area contributed by atoms with Gasteiger partial charge in [-0.2, -0.15) is 0 Å². The van der Waals surface area contributed by atoms with Crippen LogP contribution in [-0.4, -0.2) is 14.2 Å². The Morgan fingerprint density at radius 1 is 1.15 bits per heavy atom. The van der Waals surface area contributed by atoms with Crippen molar-refractivity contribution >= 4 is 11.6 Å². The largest absolute Gasteiger partial charge is 0.497 e. The van der Waals surface area contributed by atoms with E-state index in [1.807, 2.05) is 25.1 Å². The van der Waals surface area contributed by atoms with E-state index in [-0.39, 0.29) is 11.9 Å². The van der Waals surface area contributed by atoms with Crippen LogP contribution < -0.4 is 10.1 Å². The minimum absolute atomic E-state index is 0.250. The highest BCUT2D eigenvalue weighted by Crippen LogP contribution is 2.30. The zero-order valence-corrected chi connectivity index (χ0v) is 12.5. The molecule has 0 radical (unpaired) electrons. The second kappa shape index (κ2) is 6.25. The summed E-state index contributed by atoms with van der Waals surface area (Å²) in [6.45, 7) is 1.98.